The molecule has 1 saturated heterocycles. The van der Waals surface area contributed by atoms with E-state index in [1.807, 2.05) is 79.1 Å². The van der Waals surface area contributed by atoms with E-state index >= 15 is 4.79 Å². The first kappa shape index (κ1) is 35.5. The summed E-state index contributed by atoms with van der Waals surface area (Å²) < 4.78 is 16.2. The van der Waals surface area contributed by atoms with Crippen molar-refractivity contribution in [3.8, 4) is 22.3 Å². The standard InChI is InChI=1S/C39H44FN3O6/c1-26(2)43-33(20-19-31(44)23-32(45)24-34(46)47)35(29-15-17-30(40)18-16-29)36(28-13-7-4-8-14-28)37(43)38(48)42(25-27-11-5-3-6-12-27)39(49)41-21-9-10-22-41/h3-8,11-18,26,31-32,44-45H,9-10,19-25H2,1-2H3,(H,46,47). The summed E-state index contributed by atoms with van der Waals surface area (Å²) in [4.78, 5) is 43.5. The number of hydrogen-bond acceptors (Lipinski definition) is 5. The molecule has 3 N–H and O–H groups in total. The number of hydrogen-bond donors (Lipinski definition) is 3. The quantitative estimate of drug-likeness (QED) is 0.142. The van der Waals surface area contributed by atoms with Gasteiger partial charge >= 0.3 is 12.0 Å². The number of halogens is 1. The smallest absolute Gasteiger partial charge is 0.327 e. The highest BCUT2D eigenvalue weighted by atomic mass is 19.1. The molecule has 2 heterocycles. The average molecular weight is 670 g/mol. The molecule has 3 aromatic carbocycles. The molecular formula is C39H44FN3O6. The monoisotopic (exact) mass is 669 g/mol. The summed E-state index contributed by atoms with van der Waals surface area (Å²) in [6, 6.07) is 24.2. The van der Waals surface area contributed by atoms with Crippen LogP contribution in [0, 0.1) is 5.82 Å². The summed E-state index contributed by atoms with van der Waals surface area (Å²) in [6.07, 6.45) is -0.746. The first-order valence-corrected chi connectivity index (χ1v) is 16.9. The SMILES string of the molecule is CC(C)n1c(CCC(O)CC(O)CC(=O)O)c(-c2ccc(F)cc2)c(-c2ccccc2)c1C(=O)N(Cc1ccccc1)C(=O)N1CCCC1. The van der Waals surface area contributed by atoms with Crippen LogP contribution >= 0.6 is 0 Å². The van der Waals surface area contributed by atoms with Crippen molar-refractivity contribution >= 4 is 17.9 Å². The van der Waals surface area contributed by atoms with Crippen molar-refractivity contribution in [1.82, 2.24) is 14.4 Å². The molecule has 0 bridgehead atoms. The summed E-state index contributed by atoms with van der Waals surface area (Å²) in [5.41, 5.74) is 4.46. The molecule has 10 heteroatoms. The minimum absolute atomic E-state index is 0.0634. The molecule has 5 rings (SSSR count). The van der Waals surface area contributed by atoms with E-state index in [-0.39, 0.29) is 37.9 Å². The normalized spacial score (nSPS) is 14.2. The number of carbonyl (C=O) groups is 3. The van der Waals surface area contributed by atoms with Gasteiger partial charge in [-0.25, -0.2) is 9.18 Å². The first-order chi connectivity index (χ1) is 23.5. The predicted molar refractivity (Wildman–Crippen MR) is 185 cm³/mol. The number of nitrogens with zero attached hydrogens (tertiary/aromatic N) is 3. The second-order valence-electron chi connectivity index (χ2n) is 12.9. The summed E-state index contributed by atoms with van der Waals surface area (Å²) in [6.45, 7) is 5.08. The van der Waals surface area contributed by atoms with E-state index in [4.69, 9.17) is 5.11 Å². The molecular weight excluding hydrogens is 625 g/mol. The second kappa shape index (κ2) is 16.1. The van der Waals surface area contributed by atoms with Crippen molar-refractivity contribution in [1.29, 1.82) is 0 Å². The Balaban J connectivity index is 1.71. The van der Waals surface area contributed by atoms with Crippen LogP contribution < -0.4 is 0 Å². The van der Waals surface area contributed by atoms with Crippen molar-refractivity contribution in [2.24, 2.45) is 0 Å². The molecule has 2 atom stereocenters. The van der Waals surface area contributed by atoms with Gasteiger partial charge in [-0.2, -0.15) is 0 Å². The van der Waals surface area contributed by atoms with Gasteiger partial charge in [0.15, 0.2) is 0 Å². The fourth-order valence-corrected chi connectivity index (χ4v) is 6.70. The fraction of sp³-hybridized carbons (Fsp3) is 0.359. The topological polar surface area (TPSA) is 123 Å². The zero-order chi connectivity index (χ0) is 35.1. The van der Waals surface area contributed by atoms with Crippen LogP contribution in [0.25, 0.3) is 22.3 Å². The highest BCUT2D eigenvalue weighted by Crippen LogP contribution is 2.43. The minimum Gasteiger partial charge on any atom is -0.481 e. The van der Waals surface area contributed by atoms with E-state index in [1.54, 1.807) is 17.0 Å². The number of aliphatic hydroxyl groups is 2. The molecule has 0 saturated carbocycles. The molecule has 0 aliphatic carbocycles. The summed E-state index contributed by atoms with van der Waals surface area (Å²) in [5.74, 6) is -2.05. The predicted octanol–water partition coefficient (Wildman–Crippen LogP) is 6.92. The number of benzene rings is 3. The number of amides is 3. The number of aromatic nitrogens is 1. The van der Waals surface area contributed by atoms with Gasteiger partial charge in [0.25, 0.3) is 5.91 Å². The summed E-state index contributed by atoms with van der Waals surface area (Å²) >= 11 is 0. The lowest BCUT2D eigenvalue weighted by Crippen LogP contribution is -2.45. The van der Waals surface area contributed by atoms with E-state index in [0.717, 1.165) is 24.0 Å². The average Bonchev–Trinajstić information content (AvgIpc) is 3.74. The molecule has 1 aromatic heterocycles. The van der Waals surface area contributed by atoms with E-state index in [1.165, 1.54) is 17.0 Å². The van der Waals surface area contributed by atoms with Crippen LogP contribution in [-0.4, -0.2) is 72.9 Å². The first-order valence-electron chi connectivity index (χ1n) is 16.9. The van der Waals surface area contributed by atoms with Crippen molar-refractivity contribution in [3.05, 3.63) is 108 Å². The Morgan fingerprint density at radius 3 is 2.00 bits per heavy atom. The molecule has 1 fully saturated rings. The maximum absolute atomic E-state index is 15.2. The van der Waals surface area contributed by atoms with Crippen molar-refractivity contribution in [2.45, 2.75) is 77.2 Å². The zero-order valence-electron chi connectivity index (χ0n) is 28.0. The maximum Gasteiger partial charge on any atom is 0.327 e. The van der Waals surface area contributed by atoms with Crippen LogP contribution in [-0.2, 0) is 17.8 Å². The van der Waals surface area contributed by atoms with E-state index in [9.17, 15) is 24.2 Å². The van der Waals surface area contributed by atoms with Gasteiger partial charge in [-0.1, -0.05) is 72.8 Å². The Labute approximate surface area is 286 Å². The number of aliphatic hydroxyl groups excluding tert-OH is 2. The van der Waals surface area contributed by atoms with Crippen LogP contribution in [0.1, 0.15) is 73.7 Å². The largest absolute Gasteiger partial charge is 0.481 e. The Hall–Kier alpha value is -4.80. The zero-order valence-corrected chi connectivity index (χ0v) is 28.0. The lowest BCUT2D eigenvalue weighted by Gasteiger charge is -2.28. The summed E-state index contributed by atoms with van der Waals surface area (Å²) in [5, 5.41) is 30.2. The molecule has 2 unspecified atom stereocenters. The lowest BCUT2D eigenvalue weighted by molar-refractivity contribution is -0.139. The Morgan fingerprint density at radius 1 is 0.816 bits per heavy atom. The van der Waals surface area contributed by atoms with Gasteiger partial charge in [-0.3, -0.25) is 14.5 Å². The number of carboxylic acids is 1. The van der Waals surface area contributed by atoms with Gasteiger partial charge < -0.3 is 24.8 Å². The van der Waals surface area contributed by atoms with Crippen LogP contribution in [0.5, 0.6) is 0 Å². The van der Waals surface area contributed by atoms with Crippen molar-refractivity contribution in [3.63, 3.8) is 0 Å². The van der Waals surface area contributed by atoms with Crippen molar-refractivity contribution < 1.29 is 34.1 Å². The molecule has 1 aliphatic heterocycles. The van der Waals surface area contributed by atoms with Crippen LogP contribution in [0.3, 0.4) is 0 Å². The second-order valence-corrected chi connectivity index (χ2v) is 12.9. The molecule has 258 valence electrons. The van der Waals surface area contributed by atoms with Crippen LogP contribution in [0.4, 0.5) is 9.18 Å². The molecule has 9 nitrogen and oxygen atoms in total. The van der Waals surface area contributed by atoms with Gasteiger partial charge in [0.2, 0.25) is 0 Å². The highest BCUT2D eigenvalue weighted by molar-refractivity contribution is 6.10. The number of urea groups is 1. The van der Waals surface area contributed by atoms with Crippen molar-refractivity contribution in [2.75, 3.05) is 13.1 Å². The third kappa shape index (κ3) is 8.44. The molecule has 4 aromatic rings. The maximum atomic E-state index is 15.2. The summed E-state index contributed by atoms with van der Waals surface area (Å²) in [7, 11) is 0. The third-order valence-corrected chi connectivity index (χ3v) is 8.93. The Bertz CT molecular complexity index is 1730. The number of imide groups is 1. The molecule has 0 spiro atoms. The van der Waals surface area contributed by atoms with Gasteiger partial charge in [-0.05, 0) is 74.8 Å². The van der Waals surface area contributed by atoms with E-state index < -0.39 is 36.3 Å². The Kier molecular flexibility index (Phi) is 11.6. The van der Waals surface area contributed by atoms with Gasteiger partial charge in [0.05, 0.1) is 25.2 Å². The number of likely N-dealkylation sites (tertiary alicyclic amines) is 1. The Morgan fingerprint density at radius 2 is 1.41 bits per heavy atom. The number of rotatable bonds is 13. The van der Waals surface area contributed by atoms with E-state index in [2.05, 4.69) is 0 Å². The van der Waals surface area contributed by atoms with Crippen LogP contribution in [0.15, 0.2) is 84.9 Å². The number of aliphatic carboxylic acids is 1. The van der Waals surface area contributed by atoms with Gasteiger partial charge in [-0.15, -0.1) is 0 Å². The molecule has 1 aliphatic rings. The molecule has 0 radical (unpaired) electrons. The minimum atomic E-state index is -1.22. The molecule has 49 heavy (non-hydrogen) atoms. The lowest BCUT2D eigenvalue weighted by atomic mass is 9.92. The van der Waals surface area contributed by atoms with Gasteiger partial charge in [0, 0.05) is 36.0 Å². The fourth-order valence-electron chi connectivity index (χ4n) is 6.70. The highest BCUT2D eigenvalue weighted by Gasteiger charge is 2.36. The van der Waals surface area contributed by atoms with E-state index in [0.29, 0.717) is 41.2 Å². The van der Waals surface area contributed by atoms with Gasteiger partial charge in [0.1, 0.15) is 11.5 Å². The number of carbonyl (C=O) groups excluding carboxylic acids is 2. The number of carboxylic acid groups (broad SMARTS) is 1. The van der Waals surface area contributed by atoms with Crippen LogP contribution in [0.2, 0.25) is 0 Å². The third-order valence-electron chi connectivity index (χ3n) is 8.93. The molecule has 3 amide bonds.